The first-order chi connectivity index (χ1) is 22.3. The highest BCUT2D eigenvalue weighted by Crippen LogP contribution is 2.22. The lowest BCUT2D eigenvalue weighted by Crippen LogP contribution is -2.07. The number of hydrogen-bond donors (Lipinski definition) is 3. The van der Waals surface area contributed by atoms with Crippen molar-refractivity contribution in [3.8, 4) is 5.75 Å². The number of hydrogen-bond acceptors (Lipinski definition) is 12. The quantitative estimate of drug-likeness (QED) is 0.0742. The molecule has 1 heterocycles. The number of unbranched alkanes of at least 4 members (excludes halogenated alkanes) is 2. The van der Waals surface area contributed by atoms with Gasteiger partial charge in [0, 0.05) is 24.3 Å². The molecule has 1 aromatic heterocycles. The van der Waals surface area contributed by atoms with Crippen LogP contribution in [0.3, 0.4) is 0 Å². The van der Waals surface area contributed by atoms with Crippen molar-refractivity contribution in [1.29, 1.82) is 0 Å². The molecular formula is C33H39N7O5S2. The van der Waals surface area contributed by atoms with E-state index in [1.165, 1.54) is 24.3 Å². The fourth-order valence-corrected chi connectivity index (χ4v) is 5.48. The fraction of sp³-hybridized carbons (Fsp3) is 0.273. The van der Waals surface area contributed by atoms with E-state index in [2.05, 4.69) is 43.3 Å². The lowest BCUT2D eigenvalue weighted by Gasteiger charge is -2.11. The summed E-state index contributed by atoms with van der Waals surface area (Å²) in [6, 6.07) is 22.0. The third kappa shape index (κ3) is 10.6. The summed E-state index contributed by atoms with van der Waals surface area (Å²) in [7, 11) is -6.62. The van der Waals surface area contributed by atoms with Gasteiger partial charge in [-0.2, -0.15) is 20.2 Å². The molecule has 0 aliphatic carbocycles. The number of anilines is 4. The van der Waals surface area contributed by atoms with Crippen molar-refractivity contribution in [3.05, 3.63) is 90.0 Å². The van der Waals surface area contributed by atoms with Gasteiger partial charge in [0.25, 0.3) is 0 Å². The van der Waals surface area contributed by atoms with Gasteiger partial charge < -0.3 is 10.1 Å². The highest BCUT2D eigenvalue weighted by Gasteiger charge is 2.10. The average molecular weight is 678 g/mol. The third-order valence-corrected chi connectivity index (χ3v) is 9.19. The molecule has 0 saturated carbocycles. The molecule has 12 nitrogen and oxygen atoms in total. The molecule has 4 rings (SSSR count). The second-order valence-corrected chi connectivity index (χ2v) is 14.9. The minimum atomic E-state index is -3.31. The SMILES string of the molecule is CCCCCOc1ccc(Nc2nc(NN=C(C)c3ccc(S(C)(=O)=O)cc3)cc(NN=C(C)c3ccc(S(C)(=O)=O)cc3)n2)cc1. The highest BCUT2D eigenvalue weighted by molar-refractivity contribution is 7.91. The standard InChI is InChI=1S/C33H39N7O5S2/c1-6-7-8-21-45-28-15-13-27(14-16-28)34-33-35-31(39-37-23(2)25-9-17-29(18-10-25)46(4,41)42)22-32(36-33)40-38-24(3)26-11-19-30(20-12-26)47(5,43)44/h9-20,22H,6-8,21H2,1-5H3,(H3,34,35,36,39,40). The van der Waals surface area contributed by atoms with Crippen molar-refractivity contribution in [2.24, 2.45) is 10.2 Å². The van der Waals surface area contributed by atoms with E-state index in [0.717, 1.165) is 54.3 Å². The first-order valence-electron chi connectivity index (χ1n) is 14.9. The van der Waals surface area contributed by atoms with Crippen LogP contribution in [0.15, 0.2) is 98.9 Å². The summed E-state index contributed by atoms with van der Waals surface area (Å²) in [5.41, 5.74) is 9.31. The zero-order chi connectivity index (χ0) is 34.0. The summed E-state index contributed by atoms with van der Waals surface area (Å²) >= 11 is 0. The molecule has 0 radical (unpaired) electrons. The van der Waals surface area contributed by atoms with Gasteiger partial charge in [-0.25, -0.2) is 16.8 Å². The van der Waals surface area contributed by atoms with E-state index in [1.54, 1.807) is 44.2 Å². The van der Waals surface area contributed by atoms with E-state index in [1.807, 2.05) is 24.3 Å². The Labute approximate surface area is 276 Å². The van der Waals surface area contributed by atoms with Crippen LogP contribution in [0.1, 0.15) is 51.2 Å². The number of hydrazone groups is 2. The van der Waals surface area contributed by atoms with Crippen LogP contribution in [0.2, 0.25) is 0 Å². The molecule has 3 N–H and O–H groups in total. The zero-order valence-electron chi connectivity index (χ0n) is 27.0. The van der Waals surface area contributed by atoms with Gasteiger partial charge in [-0.15, -0.1) is 0 Å². The highest BCUT2D eigenvalue weighted by atomic mass is 32.2. The molecule has 0 unspecified atom stereocenters. The maximum Gasteiger partial charge on any atom is 0.231 e. The van der Waals surface area contributed by atoms with Gasteiger partial charge in [0.15, 0.2) is 31.3 Å². The van der Waals surface area contributed by atoms with Gasteiger partial charge in [-0.1, -0.05) is 44.0 Å². The molecule has 0 aliphatic rings. The second kappa shape index (κ2) is 15.6. The lowest BCUT2D eigenvalue weighted by molar-refractivity contribution is 0.306. The molecule has 248 valence electrons. The summed E-state index contributed by atoms with van der Waals surface area (Å²) in [6.45, 7) is 6.39. The van der Waals surface area contributed by atoms with Crippen LogP contribution in [0.5, 0.6) is 5.75 Å². The van der Waals surface area contributed by atoms with Crippen LogP contribution in [0.4, 0.5) is 23.3 Å². The van der Waals surface area contributed by atoms with Crippen LogP contribution >= 0.6 is 0 Å². The van der Waals surface area contributed by atoms with Crippen LogP contribution in [0.25, 0.3) is 0 Å². The van der Waals surface area contributed by atoms with Gasteiger partial charge >= 0.3 is 0 Å². The van der Waals surface area contributed by atoms with E-state index in [-0.39, 0.29) is 15.7 Å². The molecular weight excluding hydrogens is 639 g/mol. The molecule has 0 atom stereocenters. The van der Waals surface area contributed by atoms with Gasteiger partial charge in [-0.3, -0.25) is 10.9 Å². The molecule has 14 heteroatoms. The van der Waals surface area contributed by atoms with E-state index < -0.39 is 19.7 Å². The molecule has 47 heavy (non-hydrogen) atoms. The van der Waals surface area contributed by atoms with Crippen LogP contribution < -0.4 is 20.9 Å². The normalized spacial score (nSPS) is 12.4. The van der Waals surface area contributed by atoms with Crippen LogP contribution in [0, 0.1) is 0 Å². The van der Waals surface area contributed by atoms with Crippen molar-refractivity contribution < 1.29 is 21.6 Å². The molecule has 3 aromatic carbocycles. The minimum Gasteiger partial charge on any atom is -0.494 e. The Bertz CT molecular complexity index is 1830. The molecule has 0 spiro atoms. The largest absolute Gasteiger partial charge is 0.494 e. The Morgan fingerprint density at radius 3 is 1.60 bits per heavy atom. The first-order valence-corrected chi connectivity index (χ1v) is 18.7. The maximum atomic E-state index is 11.8. The van der Waals surface area contributed by atoms with Crippen molar-refractivity contribution in [3.63, 3.8) is 0 Å². The molecule has 4 aromatic rings. The molecule has 0 amide bonds. The zero-order valence-corrected chi connectivity index (χ0v) is 28.6. The van der Waals surface area contributed by atoms with E-state index in [9.17, 15) is 16.8 Å². The van der Waals surface area contributed by atoms with Crippen molar-refractivity contribution in [1.82, 2.24) is 9.97 Å². The number of ether oxygens (including phenoxy) is 1. The Kier molecular flexibility index (Phi) is 11.7. The summed E-state index contributed by atoms with van der Waals surface area (Å²) in [5, 5.41) is 12.1. The number of rotatable bonds is 15. The number of nitrogens with one attached hydrogen (secondary N) is 3. The predicted octanol–water partition coefficient (Wildman–Crippen LogP) is 6.27. The Morgan fingerprint density at radius 1 is 0.702 bits per heavy atom. The summed E-state index contributed by atoms with van der Waals surface area (Å²) in [6.07, 6.45) is 5.57. The molecule has 0 fully saturated rings. The van der Waals surface area contributed by atoms with Crippen LogP contribution in [-0.4, -0.2) is 57.3 Å². The van der Waals surface area contributed by atoms with Gasteiger partial charge in [-0.05, 0) is 79.9 Å². The molecule has 0 aliphatic heterocycles. The summed E-state index contributed by atoms with van der Waals surface area (Å²) in [5.74, 6) is 1.76. The van der Waals surface area contributed by atoms with E-state index in [0.29, 0.717) is 29.7 Å². The Morgan fingerprint density at radius 2 is 1.17 bits per heavy atom. The fourth-order valence-electron chi connectivity index (χ4n) is 4.22. The van der Waals surface area contributed by atoms with E-state index >= 15 is 0 Å². The Hall–Kier alpha value is -4.82. The minimum absolute atomic E-state index is 0.225. The summed E-state index contributed by atoms with van der Waals surface area (Å²) in [4.78, 5) is 9.56. The van der Waals surface area contributed by atoms with Crippen LogP contribution in [-0.2, 0) is 19.7 Å². The Balaban J connectivity index is 1.56. The monoisotopic (exact) mass is 677 g/mol. The number of nitrogens with zero attached hydrogens (tertiary/aromatic N) is 4. The van der Waals surface area contributed by atoms with Crippen molar-refractivity contribution in [2.75, 3.05) is 35.3 Å². The molecule has 0 saturated heterocycles. The number of aromatic nitrogens is 2. The third-order valence-electron chi connectivity index (χ3n) is 6.93. The lowest BCUT2D eigenvalue weighted by atomic mass is 10.1. The van der Waals surface area contributed by atoms with Gasteiger partial charge in [0.2, 0.25) is 5.95 Å². The predicted molar refractivity (Wildman–Crippen MR) is 188 cm³/mol. The number of benzene rings is 3. The first kappa shape index (κ1) is 35.0. The number of sulfone groups is 2. The second-order valence-electron chi connectivity index (χ2n) is 10.9. The van der Waals surface area contributed by atoms with E-state index in [4.69, 9.17) is 4.74 Å². The maximum absolute atomic E-state index is 11.8. The van der Waals surface area contributed by atoms with Gasteiger partial charge in [0.1, 0.15) is 5.75 Å². The smallest absolute Gasteiger partial charge is 0.231 e. The van der Waals surface area contributed by atoms with Crippen molar-refractivity contribution in [2.45, 2.75) is 49.8 Å². The van der Waals surface area contributed by atoms with Gasteiger partial charge in [0.05, 0.1) is 27.8 Å². The summed E-state index contributed by atoms with van der Waals surface area (Å²) < 4.78 is 53.1. The average Bonchev–Trinajstić information content (AvgIpc) is 3.04. The molecule has 0 bridgehead atoms. The topological polar surface area (TPSA) is 164 Å². The van der Waals surface area contributed by atoms with Crippen molar-refractivity contribution >= 4 is 54.4 Å².